The molecule has 1 N–H and O–H groups in total. The number of amides is 1. The number of para-hydroxylation sites is 1. The van der Waals surface area contributed by atoms with Crippen LogP contribution in [0, 0.1) is 13.8 Å². The molecular weight excluding hydrogens is 250 g/mol. The van der Waals surface area contributed by atoms with Crippen molar-refractivity contribution in [3.8, 4) is 0 Å². The SMILES string of the molecule is Cc1ccccc1NC(=O)c1nc(C)n2ccccc12. The topological polar surface area (TPSA) is 46.4 Å². The van der Waals surface area contributed by atoms with Crippen LogP contribution in [-0.2, 0) is 0 Å². The number of nitrogens with zero attached hydrogens (tertiary/aromatic N) is 2. The van der Waals surface area contributed by atoms with Crippen LogP contribution in [0.2, 0.25) is 0 Å². The molecule has 0 spiro atoms. The molecule has 2 heterocycles. The molecule has 0 bridgehead atoms. The third kappa shape index (κ3) is 2.05. The van der Waals surface area contributed by atoms with Crippen LogP contribution in [0.4, 0.5) is 5.69 Å². The van der Waals surface area contributed by atoms with Crippen molar-refractivity contribution < 1.29 is 4.79 Å². The number of hydrogen-bond acceptors (Lipinski definition) is 2. The minimum Gasteiger partial charge on any atom is -0.320 e. The van der Waals surface area contributed by atoms with Gasteiger partial charge in [0.15, 0.2) is 5.69 Å². The lowest BCUT2D eigenvalue weighted by Crippen LogP contribution is -2.13. The predicted molar refractivity (Wildman–Crippen MR) is 79.1 cm³/mol. The van der Waals surface area contributed by atoms with Gasteiger partial charge in [-0.2, -0.15) is 0 Å². The Morgan fingerprint density at radius 1 is 1.10 bits per heavy atom. The van der Waals surface area contributed by atoms with Crippen molar-refractivity contribution in [2.75, 3.05) is 5.32 Å². The van der Waals surface area contributed by atoms with Gasteiger partial charge in [-0.25, -0.2) is 4.98 Å². The number of pyridine rings is 1. The Balaban J connectivity index is 2.00. The Labute approximate surface area is 117 Å². The molecule has 4 nitrogen and oxygen atoms in total. The highest BCUT2D eigenvalue weighted by Gasteiger charge is 2.15. The fourth-order valence-corrected chi connectivity index (χ4v) is 2.25. The average Bonchev–Trinajstić information content (AvgIpc) is 2.79. The maximum Gasteiger partial charge on any atom is 0.276 e. The van der Waals surface area contributed by atoms with Crippen LogP contribution in [0.25, 0.3) is 5.52 Å². The van der Waals surface area contributed by atoms with E-state index in [0.29, 0.717) is 5.69 Å². The molecule has 1 aromatic carbocycles. The van der Waals surface area contributed by atoms with Gasteiger partial charge in [0.05, 0.1) is 5.52 Å². The zero-order valence-electron chi connectivity index (χ0n) is 11.4. The lowest BCUT2D eigenvalue weighted by molar-refractivity contribution is 0.102. The van der Waals surface area contributed by atoms with Gasteiger partial charge < -0.3 is 9.72 Å². The van der Waals surface area contributed by atoms with Gasteiger partial charge in [0.25, 0.3) is 5.91 Å². The van der Waals surface area contributed by atoms with Crippen molar-refractivity contribution in [1.82, 2.24) is 9.38 Å². The Morgan fingerprint density at radius 3 is 2.65 bits per heavy atom. The summed E-state index contributed by atoms with van der Waals surface area (Å²) in [6, 6.07) is 13.4. The zero-order chi connectivity index (χ0) is 14.1. The lowest BCUT2D eigenvalue weighted by Gasteiger charge is -2.06. The summed E-state index contributed by atoms with van der Waals surface area (Å²) >= 11 is 0. The van der Waals surface area contributed by atoms with Crippen molar-refractivity contribution in [3.05, 3.63) is 65.7 Å². The third-order valence-corrected chi connectivity index (χ3v) is 3.33. The molecular formula is C16H15N3O. The monoisotopic (exact) mass is 265 g/mol. The molecule has 1 amide bonds. The Bertz CT molecular complexity index is 789. The van der Waals surface area contributed by atoms with E-state index in [0.717, 1.165) is 22.6 Å². The number of carbonyl (C=O) groups is 1. The number of imidazole rings is 1. The second-order valence-corrected chi connectivity index (χ2v) is 4.73. The van der Waals surface area contributed by atoms with Gasteiger partial charge in [-0.3, -0.25) is 4.79 Å². The third-order valence-electron chi connectivity index (χ3n) is 3.33. The number of hydrogen-bond donors (Lipinski definition) is 1. The van der Waals surface area contributed by atoms with E-state index in [1.54, 1.807) is 0 Å². The molecule has 0 saturated heterocycles. The van der Waals surface area contributed by atoms with Crippen LogP contribution < -0.4 is 5.32 Å². The lowest BCUT2D eigenvalue weighted by atomic mass is 10.2. The van der Waals surface area contributed by atoms with Crippen LogP contribution in [-0.4, -0.2) is 15.3 Å². The maximum absolute atomic E-state index is 12.4. The highest BCUT2D eigenvalue weighted by atomic mass is 16.1. The Kier molecular flexibility index (Phi) is 2.99. The van der Waals surface area contributed by atoms with Gasteiger partial charge >= 0.3 is 0 Å². The van der Waals surface area contributed by atoms with Gasteiger partial charge in [0.2, 0.25) is 0 Å². The molecule has 100 valence electrons. The highest BCUT2D eigenvalue weighted by Crippen LogP contribution is 2.17. The van der Waals surface area contributed by atoms with Crippen molar-refractivity contribution in [2.24, 2.45) is 0 Å². The average molecular weight is 265 g/mol. The molecule has 0 saturated carbocycles. The largest absolute Gasteiger partial charge is 0.320 e. The summed E-state index contributed by atoms with van der Waals surface area (Å²) in [6.45, 7) is 3.85. The predicted octanol–water partition coefficient (Wildman–Crippen LogP) is 3.20. The van der Waals surface area contributed by atoms with Crippen LogP contribution in [0.3, 0.4) is 0 Å². The van der Waals surface area contributed by atoms with E-state index in [4.69, 9.17) is 0 Å². The molecule has 3 rings (SSSR count). The molecule has 20 heavy (non-hydrogen) atoms. The standard InChI is InChI=1S/C16H15N3O/c1-11-7-3-4-8-13(11)18-16(20)15-14-9-5-6-10-19(14)12(2)17-15/h3-10H,1-2H3,(H,18,20). The van der Waals surface area contributed by atoms with Crippen LogP contribution in [0.5, 0.6) is 0 Å². The number of rotatable bonds is 2. The molecule has 4 heteroatoms. The maximum atomic E-state index is 12.4. The van der Waals surface area contributed by atoms with E-state index in [1.165, 1.54) is 0 Å². The highest BCUT2D eigenvalue weighted by molar-refractivity contribution is 6.07. The van der Waals surface area contributed by atoms with Crippen molar-refractivity contribution >= 4 is 17.1 Å². The summed E-state index contributed by atoms with van der Waals surface area (Å²) < 4.78 is 1.91. The molecule has 3 aromatic rings. The van der Waals surface area contributed by atoms with Crippen LogP contribution >= 0.6 is 0 Å². The first-order valence-corrected chi connectivity index (χ1v) is 6.47. The molecule has 0 fully saturated rings. The molecule has 0 radical (unpaired) electrons. The molecule has 0 unspecified atom stereocenters. The summed E-state index contributed by atoms with van der Waals surface area (Å²) in [5.41, 5.74) is 3.11. The Hall–Kier alpha value is -2.62. The summed E-state index contributed by atoms with van der Waals surface area (Å²) in [5, 5.41) is 2.92. The van der Waals surface area contributed by atoms with Crippen molar-refractivity contribution in [2.45, 2.75) is 13.8 Å². The second-order valence-electron chi connectivity index (χ2n) is 4.73. The van der Waals surface area contributed by atoms with Gasteiger partial charge in [0, 0.05) is 11.9 Å². The van der Waals surface area contributed by atoms with E-state index in [1.807, 2.05) is 66.9 Å². The summed E-state index contributed by atoms with van der Waals surface area (Å²) in [5.74, 6) is 0.617. The smallest absolute Gasteiger partial charge is 0.276 e. The fraction of sp³-hybridized carbons (Fsp3) is 0.125. The molecule has 0 atom stereocenters. The number of nitrogens with one attached hydrogen (secondary N) is 1. The molecule has 0 aliphatic carbocycles. The second kappa shape index (κ2) is 4.81. The number of aryl methyl sites for hydroxylation is 2. The van der Waals surface area contributed by atoms with E-state index < -0.39 is 0 Å². The molecule has 2 aromatic heterocycles. The van der Waals surface area contributed by atoms with E-state index >= 15 is 0 Å². The van der Waals surface area contributed by atoms with Crippen molar-refractivity contribution in [1.29, 1.82) is 0 Å². The first kappa shape index (κ1) is 12.4. The Morgan fingerprint density at radius 2 is 1.85 bits per heavy atom. The van der Waals surface area contributed by atoms with Gasteiger partial charge in [0.1, 0.15) is 5.82 Å². The summed E-state index contributed by atoms with van der Waals surface area (Å²) in [7, 11) is 0. The summed E-state index contributed by atoms with van der Waals surface area (Å²) in [4.78, 5) is 16.8. The molecule has 0 aliphatic rings. The van der Waals surface area contributed by atoms with E-state index in [2.05, 4.69) is 10.3 Å². The number of fused-ring (bicyclic) bond motifs is 1. The van der Waals surface area contributed by atoms with Crippen LogP contribution in [0.1, 0.15) is 21.9 Å². The first-order chi connectivity index (χ1) is 9.66. The normalized spacial score (nSPS) is 10.7. The van der Waals surface area contributed by atoms with Gasteiger partial charge in [-0.1, -0.05) is 24.3 Å². The minimum absolute atomic E-state index is 0.184. The van der Waals surface area contributed by atoms with Gasteiger partial charge in [-0.15, -0.1) is 0 Å². The first-order valence-electron chi connectivity index (χ1n) is 6.47. The van der Waals surface area contributed by atoms with E-state index in [-0.39, 0.29) is 5.91 Å². The van der Waals surface area contributed by atoms with Crippen molar-refractivity contribution in [3.63, 3.8) is 0 Å². The number of aromatic nitrogens is 2. The number of benzene rings is 1. The zero-order valence-corrected chi connectivity index (χ0v) is 11.4. The molecule has 0 aliphatic heterocycles. The fourth-order valence-electron chi connectivity index (χ4n) is 2.25. The van der Waals surface area contributed by atoms with E-state index in [9.17, 15) is 4.79 Å². The number of carbonyl (C=O) groups excluding carboxylic acids is 1. The van der Waals surface area contributed by atoms with Crippen LogP contribution in [0.15, 0.2) is 48.7 Å². The summed E-state index contributed by atoms with van der Waals surface area (Å²) in [6.07, 6.45) is 1.90. The minimum atomic E-state index is -0.184. The van der Waals surface area contributed by atoms with Gasteiger partial charge in [-0.05, 0) is 37.6 Å². The quantitative estimate of drug-likeness (QED) is 0.773. The number of anilines is 1.